The van der Waals surface area contributed by atoms with Crippen molar-refractivity contribution in [3.8, 4) is 5.75 Å². The molecule has 2 aromatic carbocycles. The molecule has 2 aromatic rings. The number of ether oxygens (including phenoxy) is 2. The first-order chi connectivity index (χ1) is 14.6. The third-order valence-electron chi connectivity index (χ3n) is 4.13. The summed E-state index contributed by atoms with van der Waals surface area (Å²) in [6.07, 6.45) is -0.102. The number of likely N-dealkylation sites (N-methyl/N-ethyl adjacent to an activating group) is 1. The van der Waals surface area contributed by atoms with Crippen molar-refractivity contribution < 1.29 is 28.3 Å². The van der Waals surface area contributed by atoms with Gasteiger partial charge in [-0.1, -0.05) is 30.3 Å². The summed E-state index contributed by atoms with van der Waals surface area (Å²) in [4.78, 5) is 35.3. The van der Waals surface area contributed by atoms with E-state index in [9.17, 15) is 14.4 Å². The van der Waals surface area contributed by atoms with E-state index in [1.54, 1.807) is 24.3 Å². The van der Waals surface area contributed by atoms with Crippen LogP contribution in [0.3, 0.4) is 0 Å². The molecule has 8 nitrogen and oxygen atoms in total. The van der Waals surface area contributed by atoms with Crippen molar-refractivity contribution >= 4 is 23.7 Å². The lowest BCUT2D eigenvalue weighted by atomic mass is 10.2. The molecule has 0 aliphatic carbocycles. The number of amides is 2. The third-order valence-corrected chi connectivity index (χ3v) is 4.13. The number of rotatable bonds is 9. The lowest BCUT2D eigenvalue weighted by molar-refractivity contribution is -0.871. The molecule has 2 N–H and O–H groups in total. The molecule has 166 valence electrons. The van der Waals surface area contributed by atoms with Gasteiger partial charge < -0.3 is 24.6 Å². The smallest absolute Gasteiger partial charge is 0.319 e. The van der Waals surface area contributed by atoms with Crippen molar-refractivity contribution in [1.82, 2.24) is 5.32 Å². The molecule has 2 amide bonds. The van der Waals surface area contributed by atoms with E-state index in [-0.39, 0.29) is 6.42 Å². The molecule has 0 radical (unpaired) electrons. The monoisotopic (exact) mass is 428 g/mol. The van der Waals surface area contributed by atoms with Gasteiger partial charge in [-0.3, -0.25) is 9.59 Å². The number of esters is 2. The molecular weight excluding hydrogens is 398 g/mol. The molecule has 0 heterocycles. The number of anilines is 1. The zero-order valence-electron chi connectivity index (χ0n) is 18.4. The van der Waals surface area contributed by atoms with Gasteiger partial charge in [0.2, 0.25) is 0 Å². The molecule has 31 heavy (non-hydrogen) atoms. The van der Waals surface area contributed by atoms with Crippen LogP contribution in [-0.4, -0.2) is 56.2 Å². The summed E-state index contributed by atoms with van der Waals surface area (Å²) in [5.41, 5.74) is 1.65. The van der Waals surface area contributed by atoms with E-state index in [4.69, 9.17) is 4.74 Å². The average Bonchev–Trinajstić information content (AvgIpc) is 2.66. The fraction of sp³-hybridized carbons (Fsp3) is 0.348. The summed E-state index contributed by atoms with van der Waals surface area (Å²) in [6.45, 7) is 2.10. The Labute approximate surface area is 182 Å². The maximum atomic E-state index is 12.4. The van der Waals surface area contributed by atoms with Gasteiger partial charge in [0.15, 0.2) is 0 Å². The second kappa shape index (κ2) is 11.1. The molecule has 0 aromatic heterocycles. The standard InChI is InChI=1S/C23H29N3O5/c1-17(27)31-22(28)14-20(15-26(2,3)4)25-23(29)24-19-10-12-21(13-11-19)30-16-18-8-6-5-7-9-18/h5-13,20H,14-16H2,1-4H3,(H-,24,25,29)/p+1/t20-/m1/s1. The summed E-state index contributed by atoms with van der Waals surface area (Å²) < 4.78 is 10.8. The minimum Gasteiger partial charge on any atom is -0.489 e. The van der Waals surface area contributed by atoms with Crippen LogP contribution in [0.15, 0.2) is 54.6 Å². The Morgan fingerprint density at radius 1 is 0.968 bits per heavy atom. The topological polar surface area (TPSA) is 93.7 Å². The van der Waals surface area contributed by atoms with Crippen molar-refractivity contribution in [1.29, 1.82) is 0 Å². The van der Waals surface area contributed by atoms with Crippen LogP contribution < -0.4 is 15.4 Å². The van der Waals surface area contributed by atoms with Crippen molar-refractivity contribution in [2.45, 2.75) is 26.0 Å². The van der Waals surface area contributed by atoms with Gasteiger partial charge in [-0.15, -0.1) is 0 Å². The molecule has 0 saturated carbocycles. The molecule has 0 bridgehead atoms. The molecule has 2 rings (SSSR count). The average molecular weight is 429 g/mol. The largest absolute Gasteiger partial charge is 0.489 e. The van der Waals surface area contributed by atoms with Gasteiger partial charge >= 0.3 is 18.0 Å². The van der Waals surface area contributed by atoms with Crippen LogP contribution in [0.25, 0.3) is 0 Å². The van der Waals surface area contributed by atoms with Gasteiger partial charge in [0, 0.05) is 12.6 Å². The Kier molecular flexibility index (Phi) is 8.57. The lowest BCUT2D eigenvalue weighted by Gasteiger charge is -2.29. The zero-order chi connectivity index (χ0) is 22.9. The van der Waals surface area contributed by atoms with Crippen LogP contribution in [-0.2, 0) is 20.9 Å². The van der Waals surface area contributed by atoms with Crippen LogP contribution in [0, 0.1) is 0 Å². The number of carbonyl (C=O) groups excluding carboxylic acids is 3. The number of quaternary nitrogens is 1. The highest BCUT2D eigenvalue weighted by Gasteiger charge is 2.24. The Morgan fingerprint density at radius 3 is 2.19 bits per heavy atom. The summed E-state index contributed by atoms with van der Waals surface area (Å²) in [6, 6.07) is 15.9. The highest BCUT2D eigenvalue weighted by molar-refractivity contribution is 5.90. The fourth-order valence-electron chi connectivity index (χ4n) is 2.95. The van der Waals surface area contributed by atoms with Crippen LogP contribution >= 0.6 is 0 Å². The van der Waals surface area contributed by atoms with E-state index in [1.807, 2.05) is 51.5 Å². The van der Waals surface area contributed by atoms with E-state index in [0.717, 1.165) is 5.56 Å². The predicted octanol–water partition coefficient (Wildman–Crippen LogP) is 2.94. The van der Waals surface area contributed by atoms with Crippen LogP contribution in [0.1, 0.15) is 18.9 Å². The molecule has 0 fully saturated rings. The van der Waals surface area contributed by atoms with Gasteiger partial charge in [0.05, 0.1) is 40.2 Å². The summed E-state index contributed by atoms with van der Waals surface area (Å²) in [5, 5.41) is 5.52. The Morgan fingerprint density at radius 2 is 1.61 bits per heavy atom. The first-order valence-corrected chi connectivity index (χ1v) is 9.97. The number of hydrogen-bond acceptors (Lipinski definition) is 5. The van der Waals surface area contributed by atoms with Crippen LogP contribution in [0.2, 0.25) is 0 Å². The van der Waals surface area contributed by atoms with Crippen molar-refractivity contribution in [2.75, 3.05) is 33.0 Å². The van der Waals surface area contributed by atoms with Gasteiger partial charge in [-0.05, 0) is 29.8 Å². The number of benzene rings is 2. The van der Waals surface area contributed by atoms with E-state index < -0.39 is 24.0 Å². The lowest BCUT2D eigenvalue weighted by Crippen LogP contribution is -2.50. The summed E-state index contributed by atoms with van der Waals surface area (Å²) >= 11 is 0. The molecule has 0 aliphatic heterocycles. The first kappa shape index (κ1) is 23.9. The predicted molar refractivity (Wildman–Crippen MR) is 117 cm³/mol. The molecule has 1 atom stereocenters. The molecule has 0 aliphatic rings. The highest BCUT2D eigenvalue weighted by Crippen LogP contribution is 2.17. The Balaban J connectivity index is 1.90. The SMILES string of the molecule is CC(=O)OC(=O)C[C@H](C[N+](C)(C)C)NC(=O)Nc1ccc(OCc2ccccc2)cc1. The highest BCUT2D eigenvalue weighted by atomic mass is 16.6. The van der Waals surface area contributed by atoms with E-state index in [1.165, 1.54) is 6.92 Å². The molecule has 0 spiro atoms. The number of urea groups is 1. The van der Waals surface area contributed by atoms with Crippen LogP contribution in [0.4, 0.5) is 10.5 Å². The summed E-state index contributed by atoms with van der Waals surface area (Å²) in [5.74, 6) is -0.663. The van der Waals surface area contributed by atoms with Gasteiger partial charge in [0.25, 0.3) is 0 Å². The molecule has 0 unspecified atom stereocenters. The van der Waals surface area contributed by atoms with Crippen molar-refractivity contribution in [3.05, 3.63) is 60.2 Å². The van der Waals surface area contributed by atoms with E-state index in [0.29, 0.717) is 29.1 Å². The van der Waals surface area contributed by atoms with E-state index in [2.05, 4.69) is 15.4 Å². The van der Waals surface area contributed by atoms with Gasteiger partial charge in [-0.25, -0.2) is 4.79 Å². The summed E-state index contributed by atoms with van der Waals surface area (Å²) in [7, 11) is 5.82. The maximum Gasteiger partial charge on any atom is 0.319 e. The van der Waals surface area contributed by atoms with Gasteiger partial charge in [-0.2, -0.15) is 0 Å². The fourth-order valence-corrected chi connectivity index (χ4v) is 2.95. The Bertz CT molecular complexity index is 876. The second-order valence-corrected chi connectivity index (χ2v) is 8.24. The van der Waals surface area contributed by atoms with Gasteiger partial charge in [0.1, 0.15) is 12.4 Å². The van der Waals surface area contributed by atoms with E-state index >= 15 is 0 Å². The molecule has 8 heteroatoms. The quantitative estimate of drug-likeness (QED) is 0.364. The molecule has 0 saturated heterocycles. The minimum atomic E-state index is -0.675. The van der Waals surface area contributed by atoms with Crippen LogP contribution in [0.5, 0.6) is 5.75 Å². The normalized spacial score (nSPS) is 11.9. The third kappa shape index (κ3) is 9.77. The maximum absolute atomic E-state index is 12.4. The zero-order valence-corrected chi connectivity index (χ0v) is 18.4. The number of carbonyl (C=O) groups is 3. The number of hydrogen-bond donors (Lipinski definition) is 2. The number of nitrogens with one attached hydrogen (secondary N) is 2. The second-order valence-electron chi connectivity index (χ2n) is 8.24. The first-order valence-electron chi connectivity index (χ1n) is 9.97. The van der Waals surface area contributed by atoms with Crippen molar-refractivity contribution in [2.24, 2.45) is 0 Å². The Hall–Kier alpha value is -3.39. The van der Waals surface area contributed by atoms with Crippen molar-refractivity contribution in [3.63, 3.8) is 0 Å². The minimum absolute atomic E-state index is 0.102. The molecular formula is C23H30N3O5+. The number of nitrogens with zero attached hydrogens (tertiary/aromatic N) is 1.